The first-order chi connectivity index (χ1) is 10.2. The summed E-state index contributed by atoms with van der Waals surface area (Å²) in [6, 6.07) is 6.11. The first-order valence-electron chi connectivity index (χ1n) is 5.55. The van der Waals surface area contributed by atoms with Crippen LogP contribution in [0.15, 0.2) is 36.4 Å². The summed E-state index contributed by atoms with van der Waals surface area (Å²) in [5.74, 6) is -1.70. The maximum atomic E-state index is 10.1. The Balaban J connectivity index is 0.000000220. The molecule has 10 nitrogen and oxygen atoms in total. The van der Waals surface area contributed by atoms with Gasteiger partial charge in [0.25, 0.3) is 11.4 Å². The predicted molar refractivity (Wildman–Crippen MR) is 72.9 cm³/mol. The second-order valence-electron chi connectivity index (χ2n) is 3.86. The Morgan fingerprint density at radius 2 is 0.955 bits per heavy atom. The summed E-state index contributed by atoms with van der Waals surface area (Å²) in [6.07, 6.45) is 0. The lowest BCUT2D eigenvalue weighted by Crippen LogP contribution is -1.86. The van der Waals surface area contributed by atoms with E-state index in [0.29, 0.717) is 0 Å². The molecule has 2 aromatic rings. The number of hydrogen-bond donors (Lipinski definition) is 4. The summed E-state index contributed by atoms with van der Waals surface area (Å²) < 4.78 is 0. The molecule has 0 bridgehead atoms. The minimum absolute atomic E-state index is 0.250. The standard InChI is InChI=1S/2C6H5NO4/c2*8-5-2-1-4(7(10)11)3-6(5)9/h2*1-3,8-9H. The normalized spacial score (nSPS) is 9.45. The van der Waals surface area contributed by atoms with E-state index in [1.165, 1.54) is 0 Å². The van der Waals surface area contributed by atoms with Gasteiger partial charge in [-0.05, 0) is 12.1 Å². The summed E-state index contributed by atoms with van der Waals surface area (Å²) in [5.41, 5.74) is -0.499. The highest BCUT2D eigenvalue weighted by molar-refractivity contribution is 5.47. The van der Waals surface area contributed by atoms with Gasteiger partial charge < -0.3 is 20.4 Å². The molecule has 0 aliphatic carbocycles. The van der Waals surface area contributed by atoms with Crippen LogP contribution in [-0.4, -0.2) is 30.3 Å². The lowest BCUT2D eigenvalue weighted by Gasteiger charge is -1.94. The van der Waals surface area contributed by atoms with Gasteiger partial charge in [-0.3, -0.25) is 20.2 Å². The van der Waals surface area contributed by atoms with Gasteiger partial charge in [0.15, 0.2) is 23.0 Å². The fraction of sp³-hybridized carbons (Fsp3) is 0. The Labute approximate surface area is 122 Å². The van der Waals surface area contributed by atoms with Crippen molar-refractivity contribution >= 4 is 11.4 Å². The van der Waals surface area contributed by atoms with E-state index >= 15 is 0 Å². The van der Waals surface area contributed by atoms with Gasteiger partial charge in [0.05, 0.1) is 22.0 Å². The molecule has 22 heavy (non-hydrogen) atoms. The monoisotopic (exact) mass is 310 g/mol. The van der Waals surface area contributed by atoms with Crippen LogP contribution in [0.5, 0.6) is 23.0 Å². The molecule has 10 heteroatoms. The molecule has 0 aliphatic heterocycles. The predicted octanol–water partition coefficient (Wildman–Crippen LogP) is 2.01. The third kappa shape index (κ3) is 4.23. The Hall–Kier alpha value is -3.56. The van der Waals surface area contributed by atoms with Gasteiger partial charge in [-0.2, -0.15) is 0 Å². The topological polar surface area (TPSA) is 167 Å². The Kier molecular flexibility index (Phi) is 5.06. The molecule has 0 radical (unpaired) electrons. The zero-order valence-corrected chi connectivity index (χ0v) is 10.8. The van der Waals surface area contributed by atoms with Crippen molar-refractivity contribution in [1.82, 2.24) is 0 Å². The summed E-state index contributed by atoms with van der Waals surface area (Å²) in [7, 11) is 0. The van der Waals surface area contributed by atoms with E-state index in [4.69, 9.17) is 20.4 Å². The number of rotatable bonds is 2. The average molecular weight is 310 g/mol. The zero-order valence-electron chi connectivity index (χ0n) is 10.8. The number of phenols is 4. The van der Waals surface area contributed by atoms with Crippen molar-refractivity contribution in [2.24, 2.45) is 0 Å². The second kappa shape index (κ2) is 6.74. The number of aromatic hydroxyl groups is 4. The van der Waals surface area contributed by atoms with Crippen molar-refractivity contribution in [2.45, 2.75) is 0 Å². The van der Waals surface area contributed by atoms with Crippen LogP contribution < -0.4 is 0 Å². The molecule has 0 unspecified atom stereocenters. The van der Waals surface area contributed by atoms with Gasteiger partial charge in [-0.15, -0.1) is 0 Å². The molecule has 0 saturated heterocycles. The van der Waals surface area contributed by atoms with Crippen molar-refractivity contribution in [3.05, 3.63) is 56.6 Å². The van der Waals surface area contributed by atoms with E-state index in [2.05, 4.69) is 0 Å². The molecule has 0 atom stereocenters. The number of nitrogens with zero attached hydrogens (tertiary/aromatic N) is 2. The molecule has 116 valence electrons. The van der Waals surface area contributed by atoms with Crippen molar-refractivity contribution in [3.63, 3.8) is 0 Å². The zero-order chi connectivity index (χ0) is 16.9. The van der Waals surface area contributed by atoms with Gasteiger partial charge in [-0.1, -0.05) is 0 Å². The SMILES string of the molecule is O=[N+]([O-])c1ccc(O)c(O)c1.O=[N+]([O-])c1ccc(O)c(O)c1. The summed E-state index contributed by atoms with van der Waals surface area (Å²) in [5, 5.41) is 55.2. The molecular weight excluding hydrogens is 300 g/mol. The van der Waals surface area contributed by atoms with Crippen LogP contribution in [0.1, 0.15) is 0 Å². The average Bonchev–Trinajstić information content (AvgIpc) is 2.45. The van der Waals surface area contributed by atoms with Gasteiger partial charge >= 0.3 is 0 Å². The first kappa shape index (κ1) is 16.5. The van der Waals surface area contributed by atoms with E-state index in [1.807, 2.05) is 0 Å². The Morgan fingerprint density at radius 1 is 0.636 bits per heavy atom. The molecule has 0 aliphatic rings. The molecule has 0 heterocycles. The summed E-state index contributed by atoms with van der Waals surface area (Å²) in [6.45, 7) is 0. The molecule has 0 spiro atoms. The van der Waals surface area contributed by atoms with Crippen LogP contribution in [-0.2, 0) is 0 Å². The van der Waals surface area contributed by atoms with Gasteiger partial charge in [0.1, 0.15) is 0 Å². The van der Waals surface area contributed by atoms with Gasteiger partial charge in [0.2, 0.25) is 0 Å². The van der Waals surface area contributed by atoms with Crippen LogP contribution in [0.3, 0.4) is 0 Å². The number of non-ortho nitro benzene ring substituents is 2. The quantitative estimate of drug-likeness (QED) is 0.371. The second-order valence-corrected chi connectivity index (χ2v) is 3.86. The Morgan fingerprint density at radius 3 is 1.18 bits per heavy atom. The molecule has 0 fully saturated rings. The largest absolute Gasteiger partial charge is 0.504 e. The lowest BCUT2D eigenvalue weighted by atomic mass is 10.3. The fourth-order valence-electron chi connectivity index (χ4n) is 1.25. The first-order valence-corrected chi connectivity index (χ1v) is 5.55. The van der Waals surface area contributed by atoms with Crippen LogP contribution >= 0.6 is 0 Å². The van der Waals surface area contributed by atoms with Crippen molar-refractivity contribution in [3.8, 4) is 23.0 Å². The van der Waals surface area contributed by atoms with Crippen LogP contribution in [0.4, 0.5) is 11.4 Å². The van der Waals surface area contributed by atoms with E-state index < -0.39 is 21.3 Å². The van der Waals surface area contributed by atoms with Crippen molar-refractivity contribution in [2.75, 3.05) is 0 Å². The van der Waals surface area contributed by atoms with Crippen LogP contribution in [0, 0.1) is 20.2 Å². The summed E-state index contributed by atoms with van der Waals surface area (Å²) in [4.78, 5) is 18.8. The van der Waals surface area contributed by atoms with E-state index in [1.54, 1.807) is 0 Å². The highest BCUT2D eigenvalue weighted by Gasteiger charge is 2.08. The highest BCUT2D eigenvalue weighted by Crippen LogP contribution is 2.28. The fourth-order valence-corrected chi connectivity index (χ4v) is 1.25. The minimum atomic E-state index is -0.654. The molecule has 4 N–H and O–H groups in total. The van der Waals surface area contributed by atoms with Crippen molar-refractivity contribution in [1.29, 1.82) is 0 Å². The van der Waals surface area contributed by atoms with Gasteiger partial charge in [-0.25, -0.2) is 0 Å². The molecule has 2 rings (SSSR count). The summed E-state index contributed by atoms with van der Waals surface area (Å²) >= 11 is 0. The Bertz CT molecular complexity index is 655. The highest BCUT2D eigenvalue weighted by atomic mass is 16.6. The van der Waals surface area contributed by atoms with E-state index in [0.717, 1.165) is 36.4 Å². The molecule has 0 saturated carbocycles. The number of hydrogen-bond acceptors (Lipinski definition) is 8. The van der Waals surface area contributed by atoms with Crippen LogP contribution in [0.2, 0.25) is 0 Å². The number of phenolic OH excluding ortho intramolecular Hbond substituents is 4. The lowest BCUT2D eigenvalue weighted by molar-refractivity contribution is -0.385. The van der Waals surface area contributed by atoms with Crippen LogP contribution in [0.25, 0.3) is 0 Å². The maximum Gasteiger partial charge on any atom is 0.273 e. The van der Waals surface area contributed by atoms with Gasteiger partial charge in [0, 0.05) is 12.1 Å². The smallest absolute Gasteiger partial charge is 0.273 e. The third-order valence-corrected chi connectivity index (χ3v) is 2.34. The minimum Gasteiger partial charge on any atom is -0.504 e. The molecule has 0 aromatic heterocycles. The number of nitro groups is 2. The number of nitro benzene ring substituents is 2. The molecule has 0 amide bonds. The maximum absolute atomic E-state index is 10.1. The van der Waals surface area contributed by atoms with Crippen molar-refractivity contribution < 1.29 is 30.3 Å². The molecule has 2 aromatic carbocycles. The molecular formula is C12H10N2O8. The third-order valence-electron chi connectivity index (χ3n) is 2.34. The number of benzene rings is 2. The van der Waals surface area contributed by atoms with E-state index in [-0.39, 0.29) is 22.9 Å². The van der Waals surface area contributed by atoms with E-state index in [9.17, 15) is 20.2 Å².